The Balaban J connectivity index is 1.69. The van der Waals surface area contributed by atoms with Gasteiger partial charge in [-0.05, 0) is 48.4 Å². The predicted octanol–water partition coefficient (Wildman–Crippen LogP) is 3.06. The van der Waals surface area contributed by atoms with Crippen LogP contribution < -0.4 is 5.32 Å². The molecule has 2 aromatic rings. The summed E-state index contributed by atoms with van der Waals surface area (Å²) in [5, 5.41) is 2.68. The van der Waals surface area contributed by atoms with Gasteiger partial charge in [-0.2, -0.15) is 8.78 Å². The molecule has 0 aliphatic carbocycles. The minimum Gasteiger partial charge on any atom is -0.338 e. The second-order valence-electron chi connectivity index (χ2n) is 6.40. The van der Waals surface area contributed by atoms with Gasteiger partial charge in [0.25, 0.3) is 5.91 Å². The molecular formula is C19H18F2N2O4S. The molecule has 28 heavy (non-hydrogen) atoms. The molecule has 3 rings (SSSR count). The van der Waals surface area contributed by atoms with Crippen molar-refractivity contribution in [1.29, 1.82) is 0 Å². The number of amides is 2. The summed E-state index contributed by atoms with van der Waals surface area (Å²) in [5.74, 6) is -3.92. The van der Waals surface area contributed by atoms with Gasteiger partial charge in [-0.1, -0.05) is 12.1 Å². The van der Waals surface area contributed by atoms with E-state index in [0.29, 0.717) is 25.2 Å². The highest BCUT2D eigenvalue weighted by atomic mass is 32.2. The third kappa shape index (κ3) is 4.36. The van der Waals surface area contributed by atoms with Crippen LogP contribution in [0.5, 0.6) is 0 Å². The molecule has 0 unspecified atom stereocenters. The zero-order chi connectivity index (χ0) is 20.3. The zero-order valence-electron chi connectivity index (χ0n) is 14.8. The summed E-state index contributed by atoms with van der Waals surface area (Å²) in [6.07, 6.45) is 1.39. The lowest BCUT2D eigenvalue weighted by atomic mass is 10.1. The fourth-order valence-corrected chi connectivity index (χ4v) is 3.66. The minimum atomic E-state index is -4.70. The normalized spacial score (nSPS) is 14.5. The molecule has 6 nitrogen and oxygen atoms in total. The third-order valence-electron chi connectivity index (χ3n) is 4.41. The van der Waals surface area contributed by atoms with E-state index in [1.807, 2.05) is 6.07 Å². The smallest absolute Gasteiger partial charge is 0.338 e. The van der Waals surface area contributed by atoms with Crippen LogP contribution in [0.4, 0.5) is 14.5 Å². The van der Waals surface area contributed by atoms with Crippen molar-refractivity contribution in [1.82, 2.24) is 4.90 Å². The molecule has 1 heterocycles. The Kier molecular flexibility index (Phi) is 5.73. The predicted molar refractivity (Wildman–Crippen MR) is 98.7 cm³/mol. The molecule has 2 amide bonds. The standard InChI is InChI=1S/C19H18F2N2O4S/c20-19(21)28(26,27)16-8-6-14(7-9-16)18(25)22-15-4-1-3-13(11-15)12-23-10-2-5-17(23)24/h1,3-4,6-9,11,19H,2,5,10,12H2,(H,22,25). The molecule has 1 aliphatic heterocycles. The van der Waals surface area contributed by atoms with Crippen LogP contribution in [0.15, 0.2) is 53.4 Å². The summed E-state index contributed by atoms with van der Waals surface area (Å²) < 4.78 is 48.0. The number of halogens is 2. The van der Waals surface area contributed by atoms with E-state index in [9.17, 15) is 26.8 Å². The Hall–Kier alpha value is -2.81. The Bertz CT molecular complexity index is 991. The lowest BCUT2D eigenvalue weighted by Crippen LogP contribution is -2.23. The summed E-state index contributed by atoms with van der Waals surface area (Å²) in [5.41, 5.74) is 1.51. The highest BCUT2D eigenvalue weighted by Crippen LogP contribution is 2.20. The van der Waals surface area contributed by atoms with Crippen molar-refractivity contribution in [3.63, 3.8) is 0 Å². The second kappa shape index (κ2) is 8.05. The SMILES string of the molecule is O=C(Nc1cccc(CN2CCCC2=O)c1)c1ccc(S(=O)(=O)C(F)F)cc1. The molecule has 9 heteroatoms. The number of carbonyl (C=O) groups is 2. The van der Waals surface area contributed by atoms with Gasteiger partial charge in [0.1, 0.15) is 0 Å². The number of anilines is 1. The molecule has 0 saturated carbocycles. The van der Waals surface area contributed by atoms with Gasteiger partial charge in [0.2, 0.25) is 15.7 Å². The maximum absolute atomic E-state index is 12.6. The molecule has 0 spiro atoms. The molecule has 0 aromatic heterocycles. The summed E-state index contributed by atoms with van der Waals surface area (Å²) in [4.78, 5) is 25.3. The van der Waals surface area contributed by atoms with E-state index in [4.69, 9.17) is 0 Å². The van der Waals surface area contributed by atoms with Gasteiger partial charge in [0, 0.05) is 30.8 Å². The number of alkyl halides is 2. The van der Waals surface area contributed by atoms with E-state index < -0.39 is 26.4 Å². The van der Waals surface area contributed by atoms with E-state index in [0.717, 1.165) is 24.1 Å². The molecule has 0 atom stereocenters. The average Bonchev–Trinajstić information content (AvgIpc) is 3.06. The van der Waals surface area contributed by atoms with Gasteiger partial charge < -0.3 is 10.2 Å². The number of benzene rings is 2. The molecule has 2 aromatic carbocycles. The third-order valence-corrected chi connectivity index (χ3v) is 5.81. The zero-order valence-corrected chi connectivity index (χ0v) is 15.6. The van der Waals surface area contributed by atoms with Crippen molar-refractivity contribution in [2.45, 2.75) is 30.0 Å². The molecule has 1 N–H and O–H groups in total. The molecule has 1 fully saturated rings. The fourth-order valence-electron chi connectivity index (χ4n) is 2.94. The number of hydrogen-bond donors (Lipinski definition) is 1. The minimum absolute atomic E-state index is 0.105. The lowest BCUT2D eigenvalue weighted by Gasteiger charge is -2.16. The topological polar surface area (TPSA) is 83.6 Å². The van der Waals surface area contributed by atoms with Gasteiger partial charge in [0.05, 0.1) is 4.90 Å². The molecular weight excluding hydrogens is 390 g/mol. The lowest BCUT2D eigenvalue weighted by molar-refractivity contribution is -0.128. The highest BCUT2D eigenvalue weighted by molar-refractivity contribution is 7.91. The van der Waals surface area contributed by atoms with Crippen LogP contribution in [0.3, 0.4) is 0 Å². The summed E-state index contributed by atoms with van der Waals surface area (Å²) in [6.45, 7) is 1.17. The molecule has 0 radical (unpaired) electrons. The average molecular weight is 408 g/mol. The van der Waals surface area contributed by atoms with Crippen LogP contribution in [-0.4, -0.2) is 37.4 Å². The molecule has 148 valence electrons. The van der Waals surface area contributed by atoms with Crippen molar-refractivity contribution in [2.75, 3.05) is 11.9 Å². The number of rotatable bonds is 6. The summed E-state index contributed by atoms with van der Waals surface area (Å²) in [7, 11) is -4.70. The number of likely N-dealkylation sites (tertiary alicyclic amines) is 1. The van der Waals surface area contributed by atoms with Crippen molar-refractivity contribution < 1.29 is 26.8 Å². The summed E-state index contributed by atoms with van der Waals surface area (Å²) >= 11 is 0. The molecule has 1 aliphatic rings. The van der Waals surface area contributed by atoms with E-state index in [2.05, 4.69) is 5.32 Å². The Morgan fingerprint density at radius 2 is 1.86 bits per heavy atom. The van der Waals surface area contributed by atoms with Crippen LogP contribution in [0.25, 0.3) is 0 Å². The largest absolute Gasteiger partial charge is 0.341 e. The van der Waals surface area contributed by atoms with E-state index in [1.165, 1.54) is 12.1 Å². The van der Waals surface area contributed by atoms with Crippen molar-refractivity contribution >= 4 is 27.3 Å². The fraction of sp³-hybridized carbons (Fsp3) is 0.263. The molecule has 1 saturated heterocycles. The van der Waals surface area contributed by atoms with Crippen LogP contribution in [-0.2, 0) is 21.2 Å². The first kappa shape index (κ1) is 19.9. The second-order valence-corrected chi connectivity index (χ2v) is 8.32. The van der Waals surface area contributed by atoms with Crippen LogP contribution in [0.2, 0.25) is 0 Å². The van der Waals surface area contributed by atoms with Gasteiger partial charge in [-0.3, -0.25) is 9.59 Å². The van der Waals surface area contributed by atoms with Crippen LogP contribution >= 0.6 is 0 Å². The first-order valence-electron chi connectivity index (χ1n) is 8.57. The van der Waals surface area contributed by atoms with E-state index in [1.54, 1.807) is 23.1 Å². The van der Waals surface area contributed by atoms with Gasteiger partial charge >= 0.3 is 5.76 Å². The van der Waals surface area contributed by atoms with Gasteiger partial charge in [-0.15, -0.1) is 0 Å². The van der Waals surface area contributed by atoms with Crippen molar-refractivity contribution in [2.24, 2.45) is 0 Å². The first-order valence-corrected chi connectivity index (χ1v) is 10.1. The number of hydrogen-bond acceptors (Lipinski definition) is 4. The Morgan fingerprint density at radius 3 is 2.46 bits per heavy atom. The van der Waals surface area contributed by atoms with E-state index >= 15 is 0 Å². The van der Waals surface area contributed by atoms with Crippen LogP contribution in [0.1, 0.15) is 28.8 Å². The highest BCUT2D eigenvalue weighted by Gasteiger charge is 2.26. The monoisotopic (exact) mass is 408 g/mol. The van der Waals surface area contributed by atoms with Crippen molar-refractivity contribution in [3.8, 4) is 0 Å². The van der Waals surface area contributed by atoms with Gasteiger partial charge in [0.15, 0.2) is 0 Å². The Labute approximate surface area is 161 Å². The summed E-state index contributed by atoms with van der Waals surface area (Å²) in [6, 6.07) is 11.4. The van der Waals surface area contributed by atoms with E-state index in [-0.39, 0.29) is 11.5 Å². The first-order chi connectivity index (χ1) is 13.3. The number of nitrogens with one attached hydrogen (secondary N) is 1. The quantitative estimate of drug-likeness (QED) is 0.796. The maximum atomic E-state index is 12.6. The van der Waals surface area contributed by atoms with Crippen LogP contribution in [0, 0.1) is 0 Å². The van der Waals surface area contributed by atoms with Gasteiger partial charge in [-0.25, -0.2) is 8.42 Å². The number of nitrogens with zero attached hydrogens (tertiary/aromatic N) is 1. The van der Waals surface area contributed by atoms with Crippen molar-refractivity contribution in [3.05, 3.63) is 59.7 Å². The number of carbonyl (C=O) groups excluding carboxylic acids is 2. The maximum Gasteiger partial charge on any atom is 0.341 e. The molecule has 0 bridgehead atoms. The Morgan fingerprint density at radius 1 is 1.14 bits per heavy atom. The number of sulfone groups is 1.